The van der Waals surface area contributed by atoms with Crippen LogP contribution >= 0.6 is 0 Å². The van der Waals surface area contributed by atoms with Crippen LogP contribution in [0.25, 0.3) is 0 Å². The highest BCUT2D eigenvalue weighted by Crippen LogP contribution is 2.14. The summed E-state index contributed by atoms with van der Waals surface area (Å²) in [5.41, 5.74) is 2.47. The van der Waals surface area contributed by atoms with Crippen LogP contribution in [0.15, 0.2) is 24.3 Å². The van der Waals surface area contributed by atoms with Crippen LogP contribution in [0.3, 0.4) is 0 Å². The van der Waals surface area contributed by atoms with E-state index in [0.717, 1.165) is 26.2 Å². The molecular formula is C15H26N2O2S. The lowest BCUT2D eigenvalue weighted by atomic mass is 10.2. The van der Waals surface area contributed by atoms with Gasteiger partial charge in [0, 0.05) is 31.6 Å². The largest absolute Gasteiger partial charge is 0.372 e. The maximum Gasteiger partial charge on any atom is 0.147 e. The average Bonchev–Trinajstić information content (AvgIpc) is 2.40. The van der Waals surface area contributed by atoms with Crippen molar-refractivity contribution in [2.24, 2.45) is 0 Å². The number of nitrogens with one attached hydrogen (secondary N) is 1. The third kappa shape index (κ3) is 6.39. The first-order chi connectivity index (χ1) is 9.46. The Morgan fingerprint density at radius 2 is 1.70 bits per heavy atom. The first kappa shape index (κ1) is 17.0. The van der Waals surface area contributed by atoms with Gasteiger partial charge in [-0.3, -0.25) is 0 Å². The summed E-state index contributed by atoms with van der Waals surface area (Å²) in [6, 6.07) is 8.52. The smallest absolute Gasteiger partial charge is 0.147 e. The summed E-state index contributed by atoms with van der Waals surface area (Å²) < 4.78 is 22.0. The number of anilines is 1. The summed E-state index contributed by atoms with van der Waals surface area (Å²) >= 11 is 0. The molecule has 4 nitrogen and oxygen atoms in total. The van der Waals surface area contributed by atoms with Gasteiger partial charge in [-0.05, 0) is 44.5 Å². The Balaban J connectivity index is 2.35. The predicted molar refractivity (Wildman–Crippen MR) is 86.0 cm³/mol. The first-order valence-corrected chi connectivity index (χ1v) is 9.24. The minimum atomic E-state index is -2.84. The number of nitrogens with zero attached hydrogens (tertiary/aromatic N) is 1. The molecule has 0 saturated heterocycles. The van der Waals surface area contributed by atoms with E-state index in [1.807, 2.05) is 0 Å². The van der Waals surface area contributed by atoms with E-state index < -0.39 is 9.84 Å². The lowest BCUT2D eigenvalue weighted by Crippen LogP contribution is -2.22. The summed E-state index contributed by atoms with van der Waals surface area (Å²) in [4.78, 5) is 2.31. The fraction of sp³-hybridized carbons (Fsp3) is 0.600. The van der Waals surface area contributed by atoms with Gasteiger partial charge in [0.05, 0.1) is 5.75 Å². The zero-order valence-electron chi connectivity index (χ0n) is 12.7. The number of benzene rings is 1. The average molecular weight is 298 g/mol. The Bertz CT molecular complexity index is 479. The lowest BCUT2D eigenvalue weighted by Gasteiger charge is -2.21. The van der Waals surface area contributed by atoms with Gasteiger partial charge in [0.2, 0.25) is 0 Å². The van der Waals surface area contributed by atoms with Gasteiger partial charge < -0.3 is 10.2 Å². The molecule has 0 spiro atoms. The van der Waals surface area contributed by atoms with Crippen molar-refractivity contribution in [2.75, 3.05) is 36.5 Å². The highest BCUT2D eigenvalue weighted by Gasteiger charge is 2.02. The van der Waals surface area contributed by atoms with Crippen molar-refractivity contribution in [3.05, 3.63) is 29.8 Å². The maximum absolute atomic E-state index is 11.0. The fourth-order valence-electron chi connectivity index (χ4n) is 2.11. The standard InChI is InChI=1S/C15H26N2O2S/c1-4-17(5-2)15-9-7-14(8-10-15)13-16-11-6-12-20(3,18)19/h7-10,16H,4-6,11-13H2,1-3H3. The third-order valence-electron chi connectivity index (χ3n) is 3.26. The van der Waals surface area contributed by atoms with E-state index in [-0.39, 0.29) is 5.75 Å². The van der Waals surface area contributed by atoms with Crippen molar-refractivity contribution >= 4 is 15.5 Å². The van der Waals surface area contributed by atoms with E-state index in [1.165, 1.54) is 17.5 Å². The molecular weight excluding hydrogens is 272 g/mol. The molecule has 0 amide bonds. The Labute approximate surface area is 123 Å². The van der Waals surface area contributed by atoms with Gasteiger partial charge >= 0.3 is 0 Å². The maximum atomic E-state index is 11.0. The SMILES string of the molecule is CCN(CC)c1ccc(CNCCCS(C)(=O)=O)cc1. The molecule has 0 atom stereocenters. The highest BCUT2D eigenvalue weighted by molar-refractivity contribution is 7.90. The second-order valence-electron chi connectivity index (χ2n) is 5.00. The first-order valence-electron chi connectivity index (χ1n) is 7.18. The van der Waals surface area contributed by atoms with Crippen molar-refractivity contribution in [3.63, 3.8) is 0 Å². The lowest BCUT2D eigenvalue weighted by molar-refractivity contribution is 0.594. The summed E-state index contributed by atoms with van der Waals surface area (Å²) in [5.74, 6) is 0.251. The van der Waals surface area contributed by atoms with Gasteiger partial charge in [0.1, 0.15) is 9.84 Å². The van der Waals surface area contributed by atoms with Crippen LogP contribution in [0, 0.1) is 0 Å². The zero-order chi connectivity index (χ0) is 15.0. The van der Waals surface area contributed by atoms with Gasteiger partial charge in [-0.15, -0.1) is 0 Å². The zero-order valence-corrected chi connectivity index (χ0v) is 13.5. The van der Waals surface area contributed by atoms with E-state index in [4.69, 9.17) is 0 Å². The predicted octanol–water partition coefficient (Wildman–Crippen LogP) is 2.06. The molecule has 1 N–H and O–H groups in total. The molecule has 20 heavy (non-hydrogen) atoms. The summed E-state index contributed by atoms with van der Waals surface area (Å²) in [5, 5.41) is 3.27. The van der Waals surface area contributed by atoms with E-state index >= 15 is 0 Å². The van der Waals surface area contributed by atoms with Crippen LogP contribution in [-0.4, -0.2) is 40.1 Å². The third-order valence-corrected chi connectivity index (χ3v) is 4.29. The van der Waals surface area contributed by atoms with Crippen molar-refractivity contribution < 1.29 is 8.42 Å². The molecule has 0 unspecified atom stereocenters. The Morgan fingerprint density at radius 1 is 1.10 bits per heavy atom. The van der Waals surface area contributed by atoms with Crippen LogP contribution in [0.4, 0.5) is 5.69 Å². The van der Waals surface area contributed by atoms with Crippen LogP contribution in [0.1, 0.15) is 25.8 Å². The molecule has 1 rings (SSSR count). The summed E-state index contributed by atoms with van der Waals surface area (Å²) in [6.07, 6.45) is 1.94. The molecule has 0 aliphatic heterocycles. The van der Waals surface area contributed by atoms with Gasteiger partial charge in [0.25, 0.3) is 0 Å². The Kier molecular flexibility index (Phi) is 7.02. The molecule has 0 saturated carbocycles. The number of hydrogen-bond donors (Lipinski definition) is 1. The topological polar surface area (TPSA) is 49.4 Å². The van der Waals surface area contributed by atoms with Gasteiger partial charge in [0.15, 0.2) is 0 Å². The molecule has 1 aromatic carbocycles. The summed E-state index contributed by atoms with van der Waals surface area (Å²) in [7, 11) is -2.84. The second-order valence-corrected chi connectivity index (χ2v) is 7.26. The van der Waals surface area contributed by atoms with Crippen LogP contribution < -0.4 is 10.2 Å². The molecule has 5 heteroatoms. The van der Waals surface area contributed by atoms with Crippen LogP contribution in [-0.2, 0) is 16.4 Å². The molecule has 0 aliphatic carbocycles. The quantitative estimate of drug-likeness (QED) is 0.709. The Hall–Kier alpha value is -1.07. The van der Waals surface area contributed by atoms with Crippen LogP contribution in [0.5, 0.6) is 0 Å². The van der Waals surface area contributed by atoms with Gasteiger partial charge in [-0.1, -0.05) is 12.1 Å². The van der Waals surface area contributed by atoms with Crippen molar-refractivity contribution in [1.29, 1.82) is 0 Å². The minimum absolute atomic E-state index is 0.251. The van der Waals surface area contributed by atoms with E-state index in [1.54, 1.807) is 0 Å². The van der Waals surface area contributed by atoms with Crippen molar-refractivity contribution in [2.45, 2.75) is 26.8 Å². The van der Waals surface area contributed by atoms with Gasteiger partial charge in [-0.25, -0.2) is 8.42 Å². The highest BCUT2D eigenvalue weighted by atomic mass is 32.2. The summed E-state index contributed by atoms with van der Waals surface area (Å²) in [6.45, 7) is 7.84. The van der Waals surface area contributed by atoms with Crippen LogP contribution in [0.2, 0.25) is 0 Å². The number of rotatable bonds is 9. The monoisotopic (exact) mass is 298 g/mol. The molecule has 0 bridgehead atoms. The van der Waals surface area contributed by atoms with E-state index in [0.29, 0.717) is 6.42 Å². The Morgan fingerprint density at radius 3 is 2.20 bits per heavy atom. The molecule has 114 valence electrons. The molecule has 0 fully saturated rings. The molecule has 0 radical (unpaired) electrons. The fourth-order valence-corrected chi connectivity index (χ4v) is 2.77. The van der Waals surface area contributed by atoms with Gasteiger partial charge in [-0.2, -0.15) is 0 Å². The molecule has 0 aromatic heterocycles. The minimum Gasteiger partial charge on any atom is -0.372 e. The molecule has 1 aromatic rings. The van der Waals surface area contributed by atoms with Crippen molar-refractivity contribution in [1.82, 2.24) is 5.32 Å². The number of sulfone groups is 1. The number of hydrogen-bond acceptors (Lipinski definition) is 4. The van der Waals surface area contributed by atoms with E-state index in [9.17, 15) is 8.42 Å². The molecule has 0 heterocycles. The molecule has 0 aliphatic rings. The van der Waals surface area contributed by atoms with Crippen molar-refractivity contribution in [3.8, 4) is 0 Å². The second kappa shape index (κ2) is 8.27. The normalized spacial score (nSPS) is 11.6. The van der Waals surface area contributed by atoms with E-state index in [2.05, 4.69) is 48.3 Å².